The second-order valence-electron chi connectivity index (χ2n) is 5.00. The molecule has 1 nitrogen and oxygen atoms in total. The van der Waals surface area contributed by atoms with Crippen molar-refractivity contribution in [2.24, 2.45) is 0 Å². The molecule has 0 fully saturated rings. The fourth-order valence-corrected chi connectivity index (χ4v) is 1.61. The van der Waals surface area contributed by atoms with Crippen LogP contribution in [0.1, 0.15) is 11.3 Å². The zero-order chi connectivity index (χ0) is 14.9. The van der Waals surface area contributed by atoms with Crippen molar-refractivity contribution in [2.45, 2.75) is 31.7 Å². The second-order valence-corrected chi connectivity index (χ2v) is 9.75. The number of nitrogens with zero attached hydrogens (tertiary/aromatic N) is 1. The van der Waals surface area contributed by atoms with Crippen LogP contribution < -0.4 is 0 Å². The Kier molecular flexibility index (Phi) is 4.05. The minimum Gasteiger partial charge on any atom is -0.248 e. The first-order chi connectivity index (χ1) is 8.43. The summed E-state index contributed by atoms with van der Waals surface area (Å²) in [5, 5.41) is 0. The summed E-state index contributed by atoms with van der Waals surface area (Å²) in [4.78, 5) is 3.69. The highest BCUT2D eigenvalue weighted by atomic mass is 28.3. The molecule has 0 saturated carbocycles. The summed E-state index contributed by atoms with van der Waals surface area (Å²) in [5.41, 5.74) is 1.63. The zero-order valence-electron chi connectivity index (χ0n) is 10.6. The Bertz CT molecular complexity index is 519. The summed E-state index contributed by atoms with van der Waals surface area (Å²) in [6, 6.07) is 1.33. The van der Waals surface area contributed by atoms with Crippen LogP contribution in [0.3, 0.4) is 0 Å². The maximum atomic E-state index is 13.1. The Balaban J connectivity index is 3.18. The molecule has 0 aliphatic carbocycles. The van der Waals surface area contributed by atoms with Gasteiger partial charge in [0.25, 0.3) is 0 Å². The van der Waals surface area contributed by atoms with E-state index < -0.39 is 25.7 Å². The quantitative estimate of drug-likeness (QED) is 0.434. The molecule has 19 heavy (non-hydrogen) atoms. The van der Waals surface area contributed by atoms with Crippen molar-refractivity contribution in [3.8, 4) is 11.5 Å². The Morgan fingerprint density at radius 3 is 2.16 bits per heavy atom. The van der Waals surface area contributed by atoms with Crippen molar-refractivity contribution < 1.29 is 22.0 Å². The Labute approximate surface area is 108 Å². The highest BCUT2D eigenvalue weighted by Crippen LogP contribution is 2.43. The van der Waals surface area contributed by atoms with Gasteiger partial charge in [-0.05, 0) is 12.1 Å². The van der Waals surface area contributed by atoms with E-state index in [1.54, 1.807) is 0 Å². The summed E-state index contributed by atoms with van der Waals surface area (Å²) in [5.74, 6) is -2.35. The molecule has 1 aromatic heterocycles. The van der Waals surface area contributed by atoms with Crippen molar-refractivity contribution >= 4 is 8.07 Å². The predicted molar refractivity (Wildman–Crippen MR) is 64.4 cm³/mol. The largest absolute Gasteiger partial charge is 0.458 e. The fourth-order valence-electron chi connectivity index (χ4n) is 1.11. The fraction of sp³-hybridized carbons (Fsp3) is 0.417. The molecule has 0 atom stereocenters. The van der Waals surface area contributed by atoms with Gasteiger partial charge in [-0.25, -0.2) is 4.98 Å². The van der Waals surface area contributed by atoms with E-state index in [-0.39, 0.29) is 5.69 Å². The van der Waals surface area contributed by atoms with Crippen LogP contribution in [0.5, 0.6) is 0 Å². The molecule has 0 radical (unpaired) electrons. The van der Waals surface area contributed by atoms with Gasteiger partial charge < -0.3 is 0 Å². The lowest BCUT2D eigenvalue weighted by Crippen LogP contribution is -2.33. The van der Waals surface area contributed by atoms with Crippen LogP contribution in [0.25, 0.3) is 0 Å². The van der Waals surface area contributed by atoms with Gasteiger partial charge in [-0.15, -0.1) is 5.54 Å². The molecule has 1 aromatic rings. The van der Waals surface area contributed by atoms with Gasteiger partial charge >= 0.3 is 12.1 Å². The van der Waals surface area contributed by atoms with E-state index in [2.05, 4.69) is 16.4 Å². The molecule has 0 aliphatic heterocycles. The molecule has 0 spiro atoms. The molecule has 0 aromatic carbocycles. The maximum absolute atomic E-state index is 13.1. The zero-order valence-corrected chi connectivity index (χ0v) is 11.6. The number of hydrogen-bond acceptors (Lipinski definition) is 1. The number of halogens is 5. The lowest BCUT2D eigenvalue weighted by atomic mass is 10.1. The van der Waals surface area contributed by atoms with Crippen LogP contribution >= 0.6 is 0 Å². The van der Waals surface area contributed by atoms with Crippen molar-refractivity contribution in [3.63, 3.8) is 0 Å². The average molecular weight is 293 g/mol. The average Bonchev–Trinajstić information content (AvgIpc) is 2.24. The number of aromatic nitrogens is 1. The minimum atomic E-state index is -5.63. The topological polar surface area (TPSA) is 12.9 Å². The Hall–Kier alpha value is -1.42. The van der Waals surface area contributed by atoms with Crippen LogP contribution in [0.2, 0.25) is 19.6 Å². The highest BCUT2D eigenvalue weighted by Gasteiger charge is 2.58. The van der Waals surface area contributed by atoms with E-state index in [0.29, 0.717) is 12.1 Å². The molecule has 7 heteroatoms. The first kappa shape index (κ1) is 15.6. The Morgan fingerprint density at radius 1 is 1.11 bits per heavy atom. The second kappa shape index (κ2) is 4.93. The van der Waals surface area contributed by atoms with Gasteiger partial charge in [-0.2, -0.15) is 22.0 Å². The SMILES string of the molecule is C[Si](C)(C)C#Cc1cc(C(F)(F)C(F)(F)F)ccn1. The highest BCUT2D eigenvalue weighted by molar-refractivity contribution is 6.83. The number of pyridine rings is 1. The van der Waals surface area contributed by atoms with E-state index in [0.717, 1.165) is 6.20 Å². The third kappa shape index (κ3) is 4.03. The van der Waals surface area contributed by atoms with Crippen molar-refractivity contribution in [3.05, 3.63) is 29.6 Å². The molecule has 0 amide bonds. The Morgan fingerprint density at radius 2 is 1.68 bits per heavy atom. The molecule has 104 valence electrons. The van der Waals surface area contributed by atoms with Gasteiger partial charge in [0.05, 0.1) is 0 Å². The summed E-state index contributed by atoms with van der Waals surface area (Å²) in [7, 11) is -1.75. The van der Waals surface area contributed by atoms with Crippen molar-refractivity contribution in [2.75, 3.05) is 0 Å². The number of alkyl halides is 5. The first-order valence-corrected chi connectivity index (χ1v) is 8.88. The van der Waals surface area contributed by atoms with Gasteiger partial charge in [0, 0.05) is 11.8 Å². The van der Waals surface area contributed by atoms with Gasteiger partial charge in [0.15, 0.2) is 0 Å². The standard InChI is InChI=1S/C12H12F5NSi/c1-19(2,3)7-5-10-8-9(4-6-18-10)11(13,14)12(15,16)17/h4,6,8H,1-3H3. The van der Waals surface area contributed by atoms with E-state index in [1.165, 1.54) is 0 Å². The smallest absolute Gasteiger partial charge is 0.248 e. The third-order valence-corrected chi connectivity index (χ3v) is 2.92. The lowest BCUT2D eigenvalue weighted by molar-refractivity contribution is -0.289. The summed E-state index contributed by atoms with van der Waals surface area (Å²) in [6.45, 7) is 5.77. The maximum Gasteiger partial charge on any atom is 0.458 e. The monoisotopic (exact) mass is 293 g/mol. The van der Waals surface area contributed by atoms with Crippen LogP contribution in [-0.4, -0.2) is 19.2 Å². The van der Waals surface area contributed by atoms with Crippen LogP contribution in [0.4, 0.5) is 22.0 Å². The molecule has 0 saturated heterocycles. The molecule has 0 aliphatic rings. The van der Waals surface area contributed by atoms with E-state index >= 15 is 0 Å². The third-order valence-electron chi connectivity index (χ3n) is 2.04. The summed E-state index contributed by atoms with van der Waals surface area (Å²) in [6.07, 6.45) is -4.72. The van der Waals surface area contributed by atoms with Gasteiger partial charge in [0.1, 0.15) is 13.8 Å². The van der Waals surface area contributed by atoms with Crippen molar-refractivity contribution in [1.82, 2.24) is 4.98 Å². The van der Waals surface area contributed by atoms with E-state index in [1.807, 2.05) is 19.6 Å². The summed E-state index contributed by atoms with van der Waals surface area (Å²) >= 11 is 0. The predicted octanol–water partition coefficient (Wildman–Crippen LogP) is 3.96. The van der Waals surface area contributed by atoms with Gasteiger partial charge in [-0.1, -0.05) is 25.6 Å². The van der Waals surface area contributed by atoms with Gasteiger partial charge in [0.2, 0.25) is 0 Å². The molecule has 1 rings (SSSR count). The molecular weight excluding hydrogens is 281 g/mol. The first-order valence-electron chi connectivity index (χ1n) is 5.38. The lowest BCUT2D eigenvalue weighted by Gasteiger charge is -2.19. The van der Waals surface area contributed by atoms with Crippen molar-refractivity contribution in [1.29, 1.82) is 0 Å². The normalized spacial score (nSPS) is 12.8. The summed E-state index contributed by atoms with van der Waals surface area (Å²) < 4.78 is 62.9. The van der Waals surface area contributed by atoms with Crippen LogP contribution in [0.15, 0.2) is 18.3 Å². The van der Waals surface area contributed by atoms with E-state index in [9.17, 15) is 22.0 Å². The van der Waals surface area contributed by atoms with E-state index in [4.69, 9.17) is 0 Å². The number of hydrogen-bond donors (Lipinski definition) is 0. The molecular formula is C12H12F5NSi. The van der Waals surface area contributed by atoms with Crippen LogP contribution in [0, 0.1) is 11.5 Å². The molecule has 0 unspecified atom stereocenters. The molecule has 1 heterocycles. The number of rotatable bonds is 1. The minimum absolute atomic E-state index is 0.0798. The molecule has 0 N–H and O–H groups in total. The van der Waals surface area contributed by atoms with Crippen LogP contribution in [-0.2, 0) is 5.92 Å². The van der Waals surface area contributed by atoms with Gasteiger partial charge in [-0.3, -0.25) is 0 Å². The molecule has 0 bridgehead atoms.